The molecule has 0 radical (unpaired) electrons. The Hall–Kier alpha value is -1.97. The highest BCUT2D eigenvalue weighted by Gasteiger charge is 2.49. The molecule has 0 aliphatic carbocycles. The molecule has 1 heterocycles. The zero-order valence-corrected chi connectivity index (χ0v) is 15.5. The Kier molecular flexibility index (Phi) is 8.19. The van der Waals surface area contributed by atoms with Gasteiger partial charge in [-0.1, -0.05) is 19.9 Å². The average molecular weight is 374 g/mol. The molecule has 9 nitrogen and oxygen atoms in total. The normalized spacial score (nSPS) is 29.2. The zero-order chi connectivity index (χ0) is 20.0. The molecule has 0 spiro atoms. The lowest BCUT2D eigenvalue weighted by Crippen LogP contribution is -2.61. The van der Waals surface area contributed by atoms with Crippen LogP contribution in [0.3, 0.4) is 0 Å². The summed E-state index contributed by atoms with van der Waals surface area (Å²) in [6.07, 6.45) is -5.58. The second-order valence-corrected chi connectivity index (χ2v) is 6.26. The van der Waals surface area contributed by atoms with Gasteiger partial charge in [-0.05, 0) is 13.8 Å². The number of hydrogen-bond acceptors (Lipinski definition) is 9. The first kappa shape index (κ1) is 22.1. The fraction of sp³-hybridized carbons (Fsp3) is 0.706. The molecule has 2 N–H and O–H groups in total. The summed E-state index contributed by atoms with van der Waals surface area (Å²) in [5.41, 5.74) is 0.358. The summed E-state index contributed by atoms with van der Waals surface area (Å²) in [4.78, 5) is 34.8. The summed E-state index contributed by atoms with van der Waals surface area (Å²) in [6.45, 7) is 7.13. The smallest absolute Gasteiger partial charge is 0.333 e. The number of aliphatic hydroxyl groups is 2. The van der Waals surface area contributed by atoms with Gasteiger partial charge in [0.15, 0.2) is 6.10 Å². The Morgan fingerprint density at radius 3 is 2.23 bits per heavy atom. The number of rotatable bonds is 6. The van der Waals surface area contributed by atoms with E-state index in [0.717, 1.165) is 6.92 Å². The molecule has 9 heteroatoms. The van der Waals surface area contributed by atoms with Crippen LogP contribution in [0.4, 0.5) is 0 Å². The monoisotopic (exact) mass is 374 g/mol. The van der Waals surface area contributed by atoms with Gasteiger partial charge >= 0.3 is 17.9 Å². The zero-order valence-electron chi connectivity index (χ0n) is 15.5. The van der Waals surface area contributed by atoms with Gasteiger partial charge < -0.3 is 29.2 Å². The van der Waals surface area contributed by atoms with Crippen molar-refractivity contribution in [1.29, 1.82) is 0 Å². The minimum absolute atomic E-state index is 0.358. The van der Waals surface area contributed by atoms with Crippen molar-refractivity contribution in [3.8, 4) is 0 Å². The minimum Gasteiger partial charge on any atom is -0.459 e. The van der Waals surface area contributed by atoms with Gasteiger partial charge in [0.05, 0.1) is 5.92 Å². The second-order valence-electron chi connectivity index (χ2n) is 6.26. The van der Waals surface area contributed by atoms with Gasteiger partial charge in [-0.2, -0.15) is 0 Å². The Labute approximate surface area is 151 Å². The number of carbonyl (C=O) groups is 3. The van der Waals surface area contributed by atoms with E-state index in [0.29, 0.717) is 5.57 Å². The molecule has 1 fully saturated rings. The largest absolute Gasteiger partial charge is 0.459 e. The van der Waals surface area contributed by atoms with Gasteiger partial charge in [-0.15, -0.1) is 0 Å². The fourth-order valence-corrected chi connectivity index (χ4v) is 2.10. The summed E-state index contributed by atoms with van der Waals surface area (Å²) < 4.78 is 20.5. The van der Waals surface area contributed by atoms with Crippen molar-refractivity contribution in [3.63, 3.8) is 0 Å². The number of hydrogen-bond donors (Lipinski definition) is 2. The number of carbonyl (C=O) groups excluding carboxylic acids is 3. The van der Waals surface area contributed by atoms with Crippen molar-refractivity contribution in [2.75, 3.05) is 6.61 Å². The lowest BCUT2D eigenvalue weighted by atomic mass is 9.99. The molecule has 0 amide bonds. The highest BCUT2D eigenvalue weighted by Crippen LogP contribution is 2.26. The Bertz CT molecular complexity index is 554. The highest BCUT2D eigenvalue weighted by molar-refractivity contribution is 5.87. The van der Waals surface area contributed by atoms with E-state index in [1.807, 2.05) is 0 Å². The first-order chi connectivity index (χ1) is 12.1. The van der Waals surface area contributed by atoms with Crippen LogP contribution in [0.25, 0.3) is 0 Å². The highest BCUT2D eigenvalue weighted by atomic mass is 16.7. The Morgan fingerprint density at radius 1 is 1.12 bits per heavy atom. The van der Waals surface area contributed by atoms with Gasteiger partial charge in [0, 0.05) is 12.5 Å². The van der Waals surface area contributed by atoms with Crippen molar-refractivity contribution in [2.24, 2.45) is 5.92 Å². The van der Waals surface area contributed by atoms with Crippen molar-refractivity contribution in [3.05, 3.63) is 11.6 Å². The maximum atomic E-state index is 11.9. The van der Waals surface area contributed by atoms with Gasteiger partial charge in [0.1, 0.15) is 24.9 Å². The molecule has 0 aromatic heterocycles. The van der Waals surface area contributed by atoms with E-state index in [4.69, 9.17) is 18.9 Å². The third kappa shape index (κ3) is 5.79. The van der Waals surface area contributed by atoms with Gasteiger partial charge in [0.2, 0.25) is 6.29 Å². The molecule has 0 unspecified atom stereocenters. The average Bonchev–Trinajstić information content (AvgIpc) is 2.58. The van der Waals surface area contributed by atoms with Crippen LogP contribution in [0.15, 0.2) is 11.6 Å². The summed E-state index contributed by atoms with van der Waals surface area (Å²) >= 11 is 0. The number of ether oxygens (including phenoxy) is 4. The second kappa shape index (κ2) is 9.65. The maximum Gasteiger partial charge on any atom is 0.333 e. The van der Waals surface area contributed by atoms with Gasteiger partial charge in [-0.25, -0.2) is 4.79 Å². The van der Waals surface area contributed by atoms with E-state index in [1.54, 1.807) is 33.8 Å². The predicted molar refractivity (Wildman–Crippen MR) is 87.5 cm³/mol. The third-order valence-electron chi connectivity index (χ3n) is 3.78. The van der Waals surface area contributed by atoms with E-state index in [9.17, 15) is 24.6 Å². The van der Waals surface area contributed by atoms with Crippen LogP contribution in [0.1, 0.15) is 34.6 Å². The Morgan fingerprint density at radius 2 is 1.73 bits per heavy atom. The maximum absolute atomic E-state index is 11.9. The molecule has 0 bridgehead atoms. The molecular weight excluding hydrogens is 348 g/mol. The molecule has 0 saturated carbocycles. The van der Waals surface area contributed by atoms with Crippen LogP contribution in [0, 0.1) is 5.92 Å². The van der Waals surface area contributed by atoms with Gasteiger partial charge in [0.25, 0.3) is 0 Å². The molecule has 5 atom stereocenters. The first-order valence-electron chi connectivity index (χ1n) is 8.27. The minimum atomic E-state index is -1.59. The Balaban J connectivity index is 2.90. The number of aliphatic hydroxyl groups excluding tert-OH is 2. The van der Waals surface area contributed by atoms with Crippen molar-refractivity contribution in [1.82, 2.24) is 0 Å². The molecule has 1 rings (SSSR count). The van der Waals surface area contributed by atoms with Crippen LogP contribution in [-0.2, 0) is 33.3 Å². The molecule has 1 aliphatic heterocycles. The topological polar surface area (TPSA) is 129 Å². The fourth-order valence-electron chi connectivity index (χ4n) is 2.10. The van der Waals surface area contributed by atoms with Crippen molar-refractivity contribution >= 4 is 17.9 Å². The van der Waals surface area contributed by atoms with E-state index < -0.39 is 54.5 Å². The van der Waals surface area contributed by atoms with Crippen LogP contribution in [-0.4, -0.2) is 65.4 Å². The van der Waals surface area contributed by atoms with Crippen molar-refractivity contribution in [2.45, 2.75) is 65.3 Å². The summed E-state index contributed by atoms with van der Waals surface area (Å²) in [5.74, 6) is -2.50. The summed E-state index contributed by atoms with van der Waals surface area (Å²) in [6, 6.07) is 0. The number of esters is 3. The van der Waals surface area contributed by atoms with E-state index in [-0.39, 0.29) is 6.61 Å². The van der Waals surface area contributed by atoms with E-state index in [1.165, 1.54) is 0 Å². The molecule has 0 aromatic rings. The molecule has 1 saturated heterocycles. The van der Waals surface area contributed by atoms with Crippen LogP contribution >= 0.6 is 0 Å². The third-order valence-corrected chi connectivity index (χ3v) is 3.78. The molecule has 26 heavy (non-hydrogen) atoms. The summed E-state index contributed by atoms with van der Waals surface area (Å²) in [5, 5.41) is 20.4. The van der Waals surface area contributed by atoms with Crippen LogP contribution < -0.4 is 0 Å². The molecular formula is C17H26O9. The first-order valence-corrected chi connectivity index (χ1v) is 8.27. The molecule has 1 aliphatic rings. The SMILES string of the molecule is C/C=C(/C)C(=O)OC[C@@H]1O[C@H](OC(=O)C(C)C)[C@@H](OC(C)=O)[C@H](O)[C@@H]1O. The lowest BCUT2D eigenvalue weighted by Gasteiger charge is -2.41. The van der Waals surface area contributed by atoms with E-state index >= 15 is 0 Å². The molecule has 148 valence electrons. The predicted octanol–water partition coefficient (Wildman–Crippen LogP) is 0.0734. The molecule has 0 aromatic carbocycles. The van der Waals surface area contributed by atoms with Crippen LogP contribution in [0.2, 0.25) is 0 Å². The van der Waals surface area contributed by atoms with Gasteiger partial charge in [-0.3, -0.25) is 9.59 Å². The van der Waals surface area contributed by atoms with Crippen molar-refractivity contribution < 1.29 is 43.5 Å². The lowest BCUT2D eigenvalue weighted by molar-refractivity contribution is -0.297. The standard InChI is InChI=1S/C17H26O9/c1-6-9(4)16(22)23-7-11-12(19)13(20)14(24-10(5)18)17(25-11)26-15(21)8(2)3/h6,8,11-14,17,19-20H,7H2,1-5H3/b9-6-/t11-,12+,13+,14-,17+/m0/s1. The van der Waals surface area contributed by atoms with E-state index in [2.05, 4.69) is 0 Å². The summed E-state index contributed by atoms with van der Waals surface area (Å²) in [7, 11) is 0. The number of allylic oxidation sites excluding steroid dienone is 1. The quantitative estimate of drug-likeness (QED) is 0.377. The van der Waals surface area contributed by atoms with Crippen LogP contribution in [0.5, 0.6) is 0 Å².